The van der Waals surface area contributed by atoms with Gasteiger partial charge in [0, 0.05) is 37.8 Å². The van der Waals surface area contributed by atoms with Crippen molar-refractivity contribution in [3.8, 4) is 0 Å². The number of hydrogen-bond donors (Lipinski definition) is 1. The minimum absolute atomic E-state index is 0.0389. The summed E-state index contributed by atoms with van der Waals surface area (Å²) >= 11 is 6.00. The first-order valence-corrected chi connectivity index (χ1v) is 8.57. The number of benzene rings is 1. The van der Waals surface area contributed by atoms with Crippen molar-refractivity contribution >= 4 is 23.5 Å². The maximum absolute atomic E-state index is 12.3. The number of carbonyl (C=O) groups excluding carboxylic acids is 2. The predicted molar refractivity (Wildman–Crippen MR) is 90.9 cm³/mol. The minimum atomic E-state index is -0.281. The Balaban J connectivity index is 1.52. The lowest BCUT2D eigenvalue weighted by atomic mass is 10.1. The van der Waals surface area contributed by atoms with Crippen LogP contribution >= 0.6 is 11.6 Å². The van der Waals surface area contributed by atoms with Crippen LogP contribution in [0.25, 0.3) is 0 Å². The Hall–Kier alpha value is -1.79. The van der Waals surface area contributed by atoms with Gasteiger partial charge in [0.05, 0.1) is 6.10 Å². The molecule has 1 atom stereocenters. The van der Waals surface area contributed by atoms with Gasteiger partial charge >= 0.3 is 6.03 Å². The molecule has 1 aromatic rings. The van der Waals surface area contributed by atoms with E-state index in [4.69, 9.17) is 16.3 Å². The molecule has 6 nitrogen and oxygen atoms in total. The van der Waals surface area contributed by atoms with Crippen LogP contribution in [0.2, 0.25) is 5.02 Å². The topological polar surface area (TPSA) is 61.9 Å². The molecule has 1 heterocycles. The van der Waals surface area contributed by atoms with Crippen LogP contribution in [-0.2, 0) is 9.53 Å². The number of halogens is 1. The van der Waals surface area contributed by atoms with E-state index in [0.717, 1.165) is 18.4 Å². The van der Waals surface area contributed by atoms with Crippen molar-refractivity contribution in [3.05, 3.63) is 34.9 Å². The number of ether oxygens (including phenoxy) is 1. The zero-order valence-electron chi connectivity index (χ0n) is 13.7. The molecule has 0 radical (unpaired) electrons. The molecule has 0 aromatic heterocycles. The van der Waals surface area contributed by atoms with Gasteiger partial charge in [-0.2, -0.15) is 0 Å². The highest BCUT2D eigenvalue weighted by molar-refractivity contribution is 6.30. The number of nitrogens with zero attached hydrogens (tertiary/aromatic N) is 2. The maximum atomic E-state index is 12.3. The summed E-state index contributed by atoms with van der Waals surface area (Å²) in [7, 11) is 1.59. The second-order valence-electron chi connectivity index (χ2n) is 6.21. The van der Waals surface area contributed by atoms with E-state index in [-0.39, 0.29) is 24.6 Å². The number of rotatable bonds is 5. The Morgan fingerprint density at radius 1 is 1.42 bits per heavy atom. The van der Waals surface area contributed by atoms with Crippen molar-refractivity contribution < 1.29 is 14.3 Å². The fourth-order valence-electron chi connectivity index (χ4n) is 2.97. The number of amides is 3. The average molecular weight is 352 g/mol. The van der Waals surface area contributed by atoms with Crippen molar-refractivity contribution in [2.45, 2.75) is 25.0 Å². The smallest absolute Gasteiger partial charge is 0.318 e. The predicted octanol–water partition coefficient (Wildman–Crippen LogP) is 2.04. The summed E-state index contributed by atoms with van der Waals surface area (Å²) in [6.45, 7) is 1.67. The first-order valence-electron chi connectivity index (χ1n) is 8.19. The van der Waals surface area contributed by atoms with Gasteiger partial charge < -0.3 is 19.9 Å². The molecule has 1 N–H and O–H groups in total. The molecule has 1 aliphatic heterocycles. The van der Waals surface area contributed by atoms with E-state index in [1.807, 2.05) is 23.1 Å². The monoisotopic (exact) mass is 351 g/mol. The van der Waals surface area contributed by atoms with Gasteiger partial charge in [0.1, 0.15) is 6.54 Å². The van der Waals surface area contributed by atoms with Crippen molar-refractivity contribution in [3.63, 3.8) is 0 Å². The molecule has 1 saturated heterocycles. The van der Waals surface area contributed by atoms with Crippen LogP contribution in [0.4, 0.5) is 4.79 Å². The molecule has 1 aliphatic carbocycles. The molecule has 3 amide bonds. The van der Waals surface area contributed by atoms with E-state index in [1.165, 1.54) is 0 Å². The highest BCUT2D eigenvalue weighted by Gasteiger charge is 2.36. The standard InChI is InChI=1S/C17H22ClN3O3/c1-24-15(12-3-2-4-13(18)9-12)10-19-17(23)20-7-8-21(14-5-6-14)16(22)11-20/h2-4,9,14-15H,5-8,10-11H2,1H3,(H,19,23). The van der Waals surface area contributed by atoms with Crippen LogP contribution in [0.15, 0.2) is 24.3 Å². The molecule has 0 spiro atoms. The van der Waals surface area contributed by atoms with E-state index < -0.39 is 0 Å². The van der Waals surface area contributed by atoms with Gasteiger partial charge in [-0.1, -0.05) is 23.7 Å². The maximum Gasteiger partial charge on any atom is 0.318 e. The molecule has 2 aliphatic rings. The molecule has 0 bridgehead atoms. The number of hydrogen-bond acceptors (Lipinski definition) is 3. The Morgan fingerprint density at radius 3 is 2.83 bits per heavy atom. The quantitative estimate of drug-likeness (QED) is 0.883. The van der Waals surface area contributed by atoms with Crippen LogP contribution in [0, 0.1) is 0 Å². The van der Waals surface area contributed by atoms with Crippen LogP contribution in [0.5, 0.6) is 0 Å². The molecular weight excluding hydrogens is 330 g/mol. The molecule has 2 fully saturated rings. The second-order valence-corrected chi connectivity index (χ2v) is 6.64. The molecule has 7 heteroatoms. The van der Waals surface area contributed by atoms with E-state index >= 15 is 0 Å². The fraction of sp³-hybridized carbons (Fsp3) is 0.529. The number of piperazine rings is 1. The highest BCUT2D eigenvalue weighted by atomic mass is 35.5. The van der Waals surface area contributed by atoms with Crippen molar-refractivity contribution in [2.24, 2.45) is 0 Å². The van der Waals surface area contributed by atoms with E-state index in [0.29, 0.717) is 30.7 Å². The third-order valence-electron chi connectivity index (χ3n) is 4.48. The number of carbonyl (C=O) groups is 2. The van der Waals surface area contributed by atoms with Gasteiger partial charge in [0.15, 0.2) is 0 Å². The summed E-state index contributed by atoms with van der Waals surface area (Å²) in [4.78, 5) is 27.9. The van der Waals surface area contributed by atoms with Crippen molar-refractivity contribution in [1.29, 1.82) is 0 Å². The third kappa shape index (κ3) is 3.99. The first kappa shape index (κ1) is 17.0. The second kappa shape index (κ2) is 7.40. The van der Waals surface area contributed by atoms with Crippen LogP contribution in [-0.4, -0.2) is 61.1 Å². The van der Waals surface area contributed by atoms with Gasteiger partial charge in [-0.15, -0.1) is 0 Å². The zero-order chi connectivity index (χ0) is 17.1. The number of urea groups is 1. The van der Waals surface area contributed by atoms with Crippen molar-refractivity contribution in [2.75, 3.05) is 33.3 Å². The Morgan fingerprint density at radius 2 is 2.21 bits per heavy atom. The van der Waals surface area contributed by atoms with E-state index in [9.17, 15) is 9.59 Å². The van der Waals surface area contributed by atoms with Gasteiger partial charge in [-0.05, 0) is 30.5 Å². The van der Waals surface area contributed by atoms with Gasteiger partial charge in [-0.25, -0.2) is 4.79 Å². The van der Waals surface area contributed by atoms with E-state index in [1.54, 1.807) is 18.1 Å². The average Bonchev–Trinajstić information content (AvgIpc) is 3.40. The molecule has 1 saturated carbocycles. The number of nitrogens with one attached hydrogen (secondary N) is 1. The summed E-state index contributed by atoms with van der Waals surface area (Å²) < 4.78 is 5.44. The lowest BCUT2D eigenvalue weighted by Crippen LogP contribution is -2.55. The summed E-state index contributed by atoms with van der Waals surface area (Å²) in [6.07, 6.45) is 1.90. The van der Waals surface area contributed by atoms with Gasteiger partial charge in [0.2, 0.25) is 5.91 Å². The SMILES string of the molecule is COC(CNC(=O)N1CCN(C2CC2)C(=O)C1)c1cccc(Cl)c1. The Labute approximate surface area is 146 Å². The molecule has 1 unspecified atom stereocenters. The molecule has 24 heavy (non-hydrogen) atoms. The van der Waals surface area contributed by atoms with E-state index in [2.05, 4.69) is 5.32 Å². The first-order chi connectivity index (χ1) is 11.6. The summed E-state index contributed by atoms with van der Waals surface area (Å²) in [5, 5.41) is 3.48. The molecule has 130 valence electrons. The highest BCUT2D eigenvalue weighted by Crippen LogP contribution is 2.28. The third-order valence-corrected chi connectivity index (χ3v) is 4.71. The lowest BCUT2D eigenvalue weighted by Gasteiger charge is -2.34. The zero-order valence-corrected chi connectivity index (χ0v) is 14.5. The summed E-state index contributed by atoms with van der Waals surface area (Å²) in [5.74, 6) is 0.0389. The summed E-state index contributed by atoms with van der Waals surface area (Å²) in [6, 6.07) is 7.54. The van der Waals surface area contributed by atoms with Crippen LogP contribution in [0.3, 0.4) is 0 Å². The van der Waals surface area contributed by atoms with Crippen LogP contribution in [0.1, 0.15) is 24.5 Å². The van der Waals surface area contributed by atoms with Gasteiger partial charge in [-0.3, -0.25) is 4.79 Å². The fourth-order valence-corrected chi connectivity index (χ4v) is 3.17. The molecule has 1 aromatic carbocycles. The minimum Gasteiger partial charge on any atom is -0.375 e. The molecular formula is C17H22ClN3O3. The molecule has 3 rings (SSSR count). The number of methoxy groups -OCH3 is 1. The van der Waals surface area contributed by atoms with Crippen molar-refractivity contribution in [1.82, 2.24) is 15.1 Å². The largest absolute Gasteiger partial charge is 0.375 e. The Bertz CT molecular complexity index is 621. The van der Waals surface area contributed by atoms with Crippen LogP contribution < -0.4 is 5.32 Å². The summed E-state index contributed by atoms with van der Waals surface area (Å²) in [5.41, 5.74) is 0.903. The Kier molecular flexibility index (Phi) is 5.26. The van der Waals surface area contributed by atoms with Gasteiger partial charge in [0.25, 0.3) is 0 Å². The normalized spacial score (nSPS) is 19.3. The lowest BCUT2D eigenvalue weighted by molar-refractivity contribution is -0.135.